The molecule has 0 amide bonds. The second-order valence-electron chi connectivity index (χ2n) is 5.23. The molecular formula is C13H24N4. The summed E-state index contributed by atoms with van der Waals surface area (Å²) in [4.78, 5) is 2.36. The highest BCUT2D eigenvalue weighted by molar-refractivity contribution is 5.49. The predicted octanol–water partition coefficient (Wildman–Crippen LogP) is 1.47. The fourth-order valence-electron chi connectivity index (χ4n) is 2.75. The van der Waals surface area contributed by atoms with Crippen LogP contribution in [0.3, 0.4) is 0 Å². The number of hydrogen-bond donors (Lipinski definition) is 1. The Balaban J connectivity index is 2.16. The van der Waals surface area contributed by atoms with Gasteiger partial charge >= 0.3 is 0 Å². The third-order valence-corrected chi connectivity index (χ3v) is 3.83. The zero-order chi connectivity index (χ0) is 12.4. The summed E-state index contributed by atoms with van der Waals surface area (Å²) in [5.41, 5.74) is 8.13. The first-order chi connectivity index (χ1) is 8.13. The molecule has 17 heavy (non-hydrogen) atoms. The Morgan fingerprint density at radius 3 is 2.71 bits per heavy atom. The first-order valence-electron chi connectivity index (χ1n) is 6.57. The Labute approximate surface area is 104 Å². The van der Waals surface area contributed by atoms with Gasteiger partial charge in [-0.3, -0.25) is 4.68 Å². The van der Waals surface area contributed by atoms with E-state index in [0.29, 0.717) is 6.54 Å². The number of hydrogen-bond acceptors (Lipinski definition) is 3. The van der Waals surface area contributed by atoms with Gasteiger partial charge in [0.05, 0.1) is 5.69 Å². The van der Waals surface area contributed by atoms with Gasteiger partial charge in [0.25, 0.3) is 0 Å². The van der Waals surface area contributed by atoms with Gasteiger partial charge in [-0.1, -0.05) is 6.42 Å². The highest BCUT2D eigenvalue weighted by Crippen LogP contribution is 2.30. The fourth-order valence-corrected chi connectivity index (χ4v) is 2.75. The van der Waals surface area contributed by atoms with E-state index < -0.39 is 0 Å². The van der Waals surface area contributed by atoms with E-state index in [1.54, 1.807) is 0 Å². The van der Waals surface area contributed by atoms with Crippen LogP contribution in [0.5, 0.6) is 0 Å². The summed E-state index contributed by atoms with van der Waals surface area (Å²) in [6.45, 7) is 3.92. The Morgan fingerprint density at radius 1 is 1.47 bits per heavy atom. The molecule has 0 spiro atoms. The first-order valence-corrected chi connectivity index (χ1v) is 6.57. The van der Waals surface area contributed by atoms with Crippen molar-refractivity contribution in [1.29, 1.82) is 0 Å². The van der Waals surface area contributed by atoms with Crippen LogP contribution in [-0.4, -0.2) is 29.9 Å². The second-order valence-corrected chi connectivity index (χ2v) is 5.23. The Hall–Kier alpha value is -1.03. The van der Waals surface area contributed by atoms with E-state index in [0.717, 1.165) is 24.6 Å². The van der Waals surface area contributed by atoms with Crippen LogP contribution in [0.15, 0.2) is 0 Å². The molecule has 0 aromatic carbocycles. The molecule has 0 atom stereocenters. The maximum Gasteiger partial charge on any atom is 0.129 e. The minimum Gasteiger partial charge on any atom is -0.359 e. The van der Waals surface area contributed by atoms with Gasteiger partial charge in [-0.25, -0.2) is 0 Å². The summed E-state index contributed by atoms with van der Waals surface area (Å²) in [5, 5.41) is 4.52. The average molecular weight is 236 g/mol. The molecule has 1 aromatic heterocycles. The molecule has 0 bridgehead atoms. The molecule has 2 rings (SSSR count). The van der Waals surface area contributed by atoms with Crippen molar-refractivity contribution in [2.75, 3.05) is 25.0 Å². The third-order valence-electron chi connectivity index (χ3n) is 3.83. The van der Waals surface area contributed by atoms with E-state index in [-0.39, 0.29) is 0 Å². The van der Waals surface area contributed by atoms with Crippen molar-refractivity contribution in [2.24, 2.45) is 18.7 Å². The minimum absolute atomic E-state index is 0.691. The van der Waals surface area contributed by atoms with Crippen LogP contribution < -0.4 is 10.6 Å². The Morgan fingerprint density at radius 2 is 2.18 bits per heavy atom. The Kier molecular flexibility index (Phi) is 3.72. The summed E-state index contributed by atoms with van der Waals surface area (Å²) in [6.07, 6.45) is 5.09. The van der Waals surface area contributed by atoms with Gasteiger partial charge < -0.3 is 10.6 Å². The van der Waals surface area contributed by atoms with E-state index in [4.69, 9.17) is 5.73 Å². The van der Waals surface area contributed by atoms with Crippen molar-refractivity contribution in [3.05, 3.63) is 11.3 Å². The molecule has 96 valence electrons. The number of anilines is 1. The van der Waals surface area contributed by atoms with Crippen molar-refractivity contribution in [3.8, 4) is 0 Å². The van der Waals surface area contributed by atoms with Crippen molar-refractivity contribution < 1.29 is 0 Å². The highest BCUT2D eigenvalue weighted by atomic mass is 15.4. The van der Waals surface area contributed by atoms with Gasteiger partial charge in [0, 0.05) is 26.2 Å². The molecule has 1 aliphatic rings. The van der Waals surface area contributed by atoms with Crippen molar-refractivity contribution in [1.82, 2.24) is 9.78 Å². The molecule has 1 heterocycles. The largest absolute Gasteiger partial charge is 0.359 e. The SMILES string of the molecule is Cc1nn(C)c(N(C)CC2CCC2)c1CCN. The quantitative estimate of drug-likeness (QED) is 0.842. The lowest BCUT2D eigenvalue weighted by atomic mass is 9.85. The van der Waals surface area contributed by atoms with Crippen LogP contribution >= 0.6 is 0 Å². The van der Waals surface area contributed by atoms with Gasteiger partial charge in [0.15, 0.2) is 0 Å². The van der Waals surface area contributed by atoms with Gasteiger partial charge in [-0.05, 0) is 38.6 Å². The molecule has 0 radical (unpaired) electrons. The lowest BCUT2D eigenvalue weighted by molar-refractivity contribution is 0.320. The smallest absolute Gasteiger partial charge is 0.129 e. The molecule has 1 saturated carbocycles. The van der Waals surface area contributed by atoms with Gasteiger partial charge in [0.2, 0.25) is 0 Å². The zero-order valence-electron chi connectivity index (χ0n) is 11.2. The fraction of sp³-hybridized carbons (Fsp3) is 0.769. The van der Waals surface area contributed by atoms with Crippen molar-refractivity contribution in [2.45, 2.75) is 32.6 Å². The Bertz CT molecular complexity index is 379. The van der Waals surface area contributed by atoms with Crippen molar-refractivity contribution in [3.63, 3.8) is 0 Å². The third kappa shape index (κ3) is 2.46. The van der Waals surface area contributed by atoms with Gasteiger partial charge in [-0.2, -0.15) is 5.10 Å². The lowest BCUT2D eigenvalue weighted by Crippen LogP contribution is -2.31. The van der Waals surface area contributed by atoms with Gasteiger partial charge in [-0.15, -0.1) is 0 Å². The van der Waals surface area contributed by atoms with E-state index in [2.05, 4.69) is 24.0 Å². The van der Waals surface area contributed by atoms with Crippen LogP contribution in [0, 0.1) is 12.8 Å². The topological polar surface area (TPSA) is 47.1 Å². The van der Waals surface area contributed by atoms with E-state index in [1.165, 1.54) is 30.6 Å². The van der Waals surface area contributed by atoms with Crippen LogP contribution in [0.1, 0.15) is 30.5 Å². The monoisotopic (exact) mass is 236 g/mol. The highest BCUT2D eigenvalue weighted by Gasteiger charge is 2.22. The molecule has 1 aliphatic carbocycles. The number of rotatable bonds is 5. The lowest BCUT2D eigenvalue weighted by Gasteiger charge is -2.31. The van der Waals surface area contributed by atoms with E-state index in [9.17, 15) is 0 Å². The van der Waals surface area contributed by atoms with Crippen LogP contribution in [0.25, 0.3) is 0 Å². The first kappa shape index (κ1) is 12.4. The minimum atomic E-state index is 0.691. The second kappa shape index (κ2) is 5.08. The number of nitrogens with zero attached hydrogens (tertiary/aromatic N) is 3. The standard InChI is InChI=1S/C13H24N4/c1-10-12(7-8-14)13(17(3)15-10)16(2)9-11-5-4-6-11/h11H,4-9,14H2,1-3H3. The summed E-state index contributed by atoms with van der Waals surface area (Å²) in [6, 6.07) is 0. The summed E-state index contributed by atoms with van der Waals surface area (Å²) in [7, 11) is 4.20. The van der Waals surface area contributed by atoms with E-state index >= 15 is 0 Å². The summed E-state index contributed by atoms with van der Waals surface area (Å²) < 4.78 is 2.00. The van der Waals surface area contributed by atoms with Crippen molar-refractivity contribution >= 4 is 5.82 Å². The molecule has 0 aliphatic heterocycles. The molecule has 2 N–H and O–H groups in total. The summed E-state index contributed by atoms with van der Waals surface area (Å²) >= 11 is 0. The molecular weight excluding hydrogens is 212 g/mol. The molecule has 4 nitrogen and oxygen atoms in total. The number of aryl methyl sites for hydroxylation is 2. The molecule has 0 unspecified atom stereocenters. The van der Waals surface area contributed by atoms with Crippen LogP contribution in [0.2, 0.25) is 0 Å². The van der Waals surface area contributed by atoms with E-state index in [1.807, 2.05) is 11.7 Å². The van der Waals surface area contributed by atoms with Crippen LogP contribution in [0.4, 0.5) is 5.82 Å². The normalized spacial score (nSPS) is 16.0. The zero-order valence-corrected chi connectivity index (χ0v) is 11.2. The number of nitrogens with two attached hydrogens (primary N) is 1. The van der Waals surface area contributed by atoms with Gasteiger partial charge in [0.1, 0.15) is 5.82 Å². The molecule has 4 heteroatoms. The maximum atomic E-state index is 5.69. The predicted molar refractivity (Wildman–Crippen MR) is 71.3 cm³/mol. The average Bonchev–Trinajstić information content (AvgIpc) is 2.48. The molecule has 1 aromatic rings. The van der Waals surface area contributed by atoms with Crippen LogP contribution in [-0.2, 0) is 13.5 Å². The maximum absolute atomic E-state index is 5.69. The number of aromatic nitrogens is 2. The molecule has 0 saturated heterocycles. The summed E-state index contributed by atoms with van der Waals surface area (Å²) in [5.74, 6) is 2.13. The molecule has 1 fully saturated rings.